The summed E-state index contributed by atoms with van der Waals surface area (Å²) in [5, 5.41) is 2.90. The SMILES string of the molecule is CCCCCC(=O)Nc1ccc2[nH]c(=S)[nH]c2c1. The van der Waals surface area contributed by atoms with Crippen LogP contribution in [0.5, 0.6) is 0 Å². The molecule has 1 amide bonds. The van der Waals surface area contributed by atoms with Crippen molar-refractivity contribution < 1.29 is 4.79 Å². The molecule has 4 nitrogen and oxygen atoms in total. The third-order valence-electron chi connectivity index (χ3n) is 2.81. The van der Waals surface area contributed by atoms with Crippen LogP contribution in [0.2, 0.25) is 0 Å². The van der Waals surface area contributed by atoms with Crippen LogP contribution in [0.15, 0.2) is 18.2 Å². The van der Waals surface area contributed by atoms with Gasteiger partial charge in [-0.25, -0.2) is 0 Å². The number of unbranched alkanes of at least 4 members (excludes halogenated alkanes) is 2. The minimum atomic E-state index is 0.0666. The van der Waals surface area contributed by atoms with Crippen molar-refractivity contribution in [2.75, 3.05) is 5.32 Å². The number of fused-ring (bicyclic) bond motifs is 1. The highest BCUT2D eigenvalue weighted by Gasteiger charge is 2.03. The standard InChI is InChI=1S/C13H17N3OS/c1-2-3-4-5-12(17)14-9-6-7-10-11(8-9)16-13(18)15-10/h6-8H,2-5H2,1H3,(H,14,17)(H2,15,16,18). The van der Waals surface area contributed by atoms with Gasteiger partial charge in [-0.15, -0.1) is 0 Å². The molecule has 0 aliphatic carbocycles. The number of H-pyrrole nitrogens is 2. The summed E-state index contributed by atoms with van der Waals surface area (Å²) >= 11 is 5.02. The lowest BCUT2D eigenvalue weighted by Gasteiger charge is -2.04. The fraction of sp³-hybridized carbons (Fsp3) is 0.385. The van der Waals surface area contributed by atoms with Crippen molar-refractivity contribution in [2.45, 2.75) is 32.6 Å². The van der Waals surface area contributed by atoms with Gasteiger partial charge < -0.3 is 15.3 Å². The van der Waals surface area contributed by atoms with E-state index in [0.717, 1.165) is 36.0 Å². The van der Waals surface area contributed by atoms with Gasteiger partial charge in [0.15, 0.2) is 4.77 Å². The second-order valence-corrected chi connectivity index (χ2v) is 4.75. The van der Waals surface area contributed by atoms with Crippen LogP contribution in [0.4, 0.5) is 5.69 Å². The van der Waals surface area contributed by atoms with Gasteiger partial charge in [0, 0.05) is 12.1 Å². The average Bonchev–Trinajstić information content (AvgIpc) is 2.69. The number of benzene rings is 1. The number of aromatic nitrogens is 2. The highest BCUT2D eigenvalue weighted by molar-refractivity contribution is 7.71. The van der Waals surface area contributed by atoms with E-state index in [2.05, 4.69) is 22.2 Å². The van der Waals surface area contributed by atoms with E-state index in [0.29, 0.717) is 11.2 Å². The number of nitrogens with one attached hydrogen (secondary N) is 3. The van der Waals surface area contributed by atoms with E-state index in [1.165, 1.54) is 0 Å². The Morgan fingerprint density at radius 3 is 2.83 bits per heavy atom. The third kappa shape index (κ3) is 3.20. The normalized spacial score (nSPS) is 10.7. The quantitative estimate of drug-likeness (QED) is 0.568. The minimum Gasteiger partial charge on any atom is -0.331 e. The third-order valence-corrected chi connectivity index (χ3v) is 3.01. The molecule has 96 valence electrons. The molecule has 0 bridgehead atoms. The molecule has 3 N–H and O–H groups in total. The Kier molecular flexibility index (Phi) is 4.15. The zero-order chi connectivity index (χ0) is 13.0. The van der Waals surface area contributed by atoms with Gasteiger partial charge in [-0.05, 0) is 36.8 Å². The molecule has 0 atom stereocenters. The summed E-state index contributed by atoms with van der Waals surface area (Å²) in [4.78, 5) is 17.7. The number of rotatable bonds is 5. The molecule has 0 saturated heterocycles. The van der Waals surface area contributed by atoms with E-state index >= 15 is 0 Å². The van der Waals surface area contributed by atoms with Crippen molar-refractivity contribution in [2.24, 2.45) is 0 Å². The lowest BCUT2D eigenvalue weighted by atomic mass is 10.2. The van der Waals surface area contributed by atoms with Gasteiger partial charge in [-0.1, -0.05) is 19.8 Å². The van der Waals surface area contributed by atoms with Gasteiger partial charge >= 0.3 is 0 Å². The van der Waals surface area contributed by atoms with Crippen LogP contribution in [0.3, 0.4) is 0 Å². The van der Waals surface area contributed by atoms with E-state index in [9.17, 15) is 4.79 Å². The first-order valence-electron chi connectivity index (χ1n) is 6.21. The van der Waals surface area contributed by atoms with E-state index in [1.807, 2.05) is 18.2 Å². The van der Waals surface area contributed by atoms with Crippen molar-refractivity contribution >= 4 is 34.8 Å². The largest absolute Gasteiger partial charge is 0.331 e. The average molecular weight is 263 g/mol. The van der Waals surface area contributed by atoms with Crippen molar-refractivity contribution in [3.05, 3.63) is 23.0 Å². The first-order chi connectivity index (χ1) is 8.69. The summed E-state index contributed by atoms with van der Waals surface area (Å²) in [7, 11) is 0. The number of imidazole rings is 1. The predicted molar refractivity (Wildman–Crippen MR) is 76.3 cm³/mol. The summed E-state index contributed by atoms with van der Waals surface area (Å²) in [6.45, 7) is 2.12. The number of amides is 1. The Hall–Kier alpha value is -1.62. The molecule has 0 aliphatic rings. The molecule has 0 radical (unpaired) electrons. The molecule has 2 aromatic rings. The molecule has 5 heteroatoms. The number of carbonyl (C=O) groups is 1. The fourth-order valence-electron chi connectivity index (χ4n) is 1.87. The van der Waals surface area contributed by atoms with Crippen molar-refractivity contribution in [1.82, 2.24) is 9.97 Å². The molecule has 0 aliphatic heterocycles. The van der Waals surface area contributed by atoms with Crippen molar-refractivity contribution in [3.63, 3.8) is 0 Å². The highest BCUT2D eigenvalue weighted by atomic mass is 32.1. The Balaban J connectivity index is 2.02. The molecule has 18 heavy (non-hydrogen) atoms. The Labute approximate surface area is 111 Å². The van der Waals surface area contributed by atoms with Gasteiger partial charge in [-0.2, -0.15) is 0 Å². The molecule has 0 spiro atoms. The Bertz CT molecular complexity index is 600. The Morgan fingerprint density at radius 2 is 2.06 bits per heavy atom. The Morgan fingerprint density at radius 1 is 1.28 bits per heavy atom. The van der Waals surface area contributed by atoms with E-state index < -0.39 is 0 Å². The van der Waals surface area contributed by atoms with E-state index in [-0.39, 0.29) is 5.91 Å². The molecule has 0 fully saturated rings. The van der Waals surface area contributed by atoms with Gasteiger partial charge in [0.05, 0.1) is 11.0 Å². The van der Waals surface area contributed by atoms with Gasteiger partial charge in [-0.3, -0.25) is 4.79 Å². The van der Waals surface area contributed by atoms with Crippen LogP contribution < -0.4 is 5.32 Å². The maximum Gasteiger partial charge on any atom is 0.224 e. The van der Waals surface area contributed by atoms with Crippen LogP contribution in [-0.4, -0.2) is 15.9 Å². The second-order valence-electron chi connectivity index (χ2n) is 4.34. The zero-order valence-corrected chi connectivity index (χ0v) is 11.2. The maximum absolute atomic E-state index is 11.7. The van der Waals surface area contributed by atoms with Crippen LogP contribution in [0.1, 0.15) is 32.6 Å². The lowest BCUT2D eigenvalue weighted by molar-refractivity contribution is -0.116. The summed E-state index contributed by atoms with van der Waals surface area (Å²) in [6.07, 6.45) is 3.74. The van der Waals surface area contributed by atoms with Crippen LogP contribution in [0, 0.1) is 4.77 Å². The van der Waals surface area contributed by atoms with Crippen molar-refractivity contribution in [1.29, 1.82) is 0 Å². The van der Waals surface area contributed by atoms with Gasteiger partial charge in [0.25, 0.3) is 0 Å². The molecular weight excluding hydrogens is 246 g/mol. The molecule has 0 unspecified atom stereocenters. The van der Waals surface area contributed by atoms with Crippen LogP contribution in [0.25, 0.3) is 11.0 Å². The van der Waals surface area contributed by atoms with Gasteiger partial charge in [0.2, 0.25) is 5.91 Å². The molecule has 2 rings (SSSR count). The monoisotopic (exact) mass is 263 g/mol. The lowest BCUT2D eigenvalue weighted by Crippen LogP contribution is -2.10. The summed E-state index contributed by atoms with van der Waals surface area (Å²) in [6, 6.07) is 5.67. The predicted octanol–water partition coefficient (Wildman–Crippen LogP) is 3.74. The summed E-state index contributed by atoms with van der Waals surface area (Å²) < 4.78 is 0.594. The van der Waals surface area contributed by atoms with Crippen LogP contribution >= 0.6 is 12.2 Å². The topological polar surface area (TPSA) is 60.7 Å². The molecule has 1 aromatic heterocycles. The number of carbonyl (C=O) groups excluding carboxylic acids is 1. The number of hydrogen-bond donors (Lipinski definition) is 3. The van der Waals surface area contributed by atoms with E-state index in [1.54, 1.807) is 0 Å². The number of aromatic amines is 2. The first-order valence-corrected chi connectivity index (χ1v) is 6.62. The zero-order valence-electron chi connectivity index (χ0n) is 10.4. The fourth-order valence-corrected chi connectivity index (χ4v) is 2.09. The van der Waals surface area contributed by atoms with Crippen LogP contribution in [-0.2, 0) is 4.79 Å². The van der Waals surface area contributed by atoms with Crippen molar-refractivity contribution in [3.8, 4) is 0 Å². The molecular formula is C13H17N3OS. The summed E-state index contributed by atoms with van der Waals surface area (Å²) in [5.74, 6) is 0.0666. The van der Waals surface area contributed by atoms with Gasteiger partial charge in [0.1, 0.15) is 0 Å². The maximum atomic E-state index is 11.7. The second kappa shape index (κ2) is 5.82. The van der Waals surface area contributed by atoms with E-state index in [4.69, 9.17) is 12.2 Å². The molecule has 0 saturated carbocycles. The first kappa shape index (κ1) is 12.8. The highest BCUT2D eigenvalue weighted by Crippen LogP contribution is 2.16. The number of anilines is 1. The smallest absolute Gasteiger partial charge is 0.224 e. The molecule has 1 heterocycles. The molecule has 1 aromatic carbocycles. The minimum absolute atomic E-state index is 0.0666. The summed E-state index contributed by atoms with van der Waals surface area (Å²) in [5.41, 5.74) is 2.66. The number of hydrogen-bond acceptors (Lipinski definition) is 2.